The van der Waals surface area contributed by atoms with Gasteiger partial charge in [-0.15, -0.1) is 5.60 Å². The monoisotopic (exact) mass is 603 g/mol. The number of hydrogen-bond acceptors (Lipinski definition) is 9. The van der Waals surface area contributed by atoms with Gasteiger partial charge in [-0.1, -0.05) is 50.5 Å². The maximum atomic E-state index is 10.1. The van der Waals surface area contributed by atoms with Crippen LogP contribution < -0.4 is 56.5 Å². The van der Waals surface area contributed by atoms with Crippen molar-refractivity contribution in [2.24, 2.45) is 0 Å². The number of hydrogen-bond donors (Lipinski definition) is 3. The fourth-order valence-corrected chi connectivity index (χ4v) is 3.31. The average Bonchev–Trinajstić information content (AvgIpc) is 3.54. The van der Waals surface area contributed by atoms with Crippen LogP contribution in [0.4, 0.5) is 4.39 Å². The summed E-state index contributed by atoms with van der Waals surface area (Å²) in [5.41, 5.74) is -0.750. The van der Waals surface area contributed by atoms with Crippen molar-refractivity contribution in [2.45, 2.75) is 102 Å². The van der Waals surface area contributed by atoms with Gasteiger partial charge in [0.1, 0.15) is 48.8 Å². The van der Waals surface area contributed by atoms with Crippen LogP contribution in [0.25, 0.3) is 0 Å². The summed E-state index contributed by atoms with van der Waals surface area (Å²) in [5.74, 6) is 0. The summed E-state index contributed by atoms with van der Waals surface area (Å²) in [6.07, 6.45) is -0.142. The van der Waals surface area contributed by atoms with Crippen LogP contribution in [0.2, 0.25) is 0 Å². The summed E-state index contributed by atoms with van der Waals surface area (Å²) in [7, 11) is -1.00. The van der Waals surface area contributed by atoms with Gasteiger partial charge in [-0.2, -0.15) is 0 Å². The van der Waals surface area contributed by atoms with E-state index in [9.17, 15) is 14.6 Å². The van der Waals surface area contributed by atoms with Gasteiger partial charge in [0.2, 0.25) is 0 Å². The Morgan fingerprint density at radius 2 is 1.20 bits per heavy atom. The van der Waals surface area contributed by atoms with Gasteiger partial charge >= 0.3 is 51.4 Å². The summed E-state index contributed by atoms with van der Waals surface area (Å²) in [6, 6.07) is 0. The molecule has 0 bridgehead atoms. The third kappa shape index (κ3) is 15.8. The van der Waals surface area contributed by atoms with Crippen LogP contribution in [-0.2, 0) is 23.7 Å². The van der Waals surface area contributed by atoms with E-state index < -0.39 is 31.1 Å². The Morgan fingerprint density at radius 3 is 1.54 bits per heavy atom. The van der Waals surface area contributed by atoms with E-state index in [1.165, 1.54) is 6.42 Å². The molecule has 4 fully saturated rings. The van der Waals surface area contributed by atoms with Crippen LogP contribution >= 0.6 is 15.9 Å². The van der Waals surface area contributed by atoms with E-state index in [1.54, 1.807) is 20.8 Å². The van der Waals surface area contributed by atoms with Gasteiger partial charge in [-0.25, -0.2) is 0 Å². The molecule has 4 aliphatic rings. The second-order valence-corrected chi connectivity index (χ2v) is 9.90. The number of aliphatic hydroxyl groups excluding tert-OH is 3. The molecule has 0 spiro atoms. The number of fused-ring (bicyclic) bond motifs is 2. The number of halogens is 2. The second-order valence-electron chi connectivity index (χ2n) is 9.10. The van der Waals surface area contributed by atoms with E-state index in [-0.39, 0.29) is 95.1 Å². The molecule has 0 aromatic rings. The summed E-state index contributed by atoms with van der Waals surface area (Å²) >= 11 is 3.25. The third-order valence-electron chi connectivity index (χ3n) is 4.71. The summed E-state index contributed by atoms with van der Waals surface area (Å²) in [5, 5.41) is 39.0. The Labute approximate surface area is 262 Å². The standard InChI is InChI=1S/C9H16O4.C6H10O4.C4H9O.C3H7Br.CH3F.K/c1-2-3-11-7-5-13-8-6(10)4-12-9(7)8;7-3-1-9-6-4(8)2-10-5(3)6;1-4(2,3)5;1-2-3-4;1-2;/h6-10H,2-5H2,1H3;3-8H,1-2H2;1-3H3;2-3H2,1H3;1H3;/q;;-1;;;+1/t6?,7?,8-,9-;3?,4?,5-,6-;;;;/m11..../s1/i;;;;1D;. The Hall–Kier alpha value is 1.69. The topological polar surface area (TPSA) is 130 Å². The summed E-state index contributed by atoms with van der Waals surface area (Å²) in [4.78, 5) is 0. The molecule has 4 unspecified atom stereocenters. The largest absolute Gasteiger partial charge is 1.00 e. The minimum Gasteiger partial charge on any atom is -0.850 e. The predicted octanol–water partition coefficient (Wildman–Crippen LogP) is -2.03. The SMILES string of the molecule is CC(C)(C)[O-].CCCBr.CCCOC1CO[C@@H]2C(O)CO[C@H]12.OC1CO[C@@H]2C(O)CO[C@H]12.[2H]CF.[K+]. The number of aliphatic hydroxyl groups is 3. The van der Waals surface area contributed by atoms with Crippen LogP contribution in [0.15, 0.2) is 0 Å². The van der Waals surface area contributed by atoms with Crippen LogP contribution in [0.3, 0.4) is 0 Å². The van der Waals surface area contributed by atoms with Gasteiger partial charge < -0.3 is 44.1 Å². The average molecular weight is 605 g/mol. The van der Waals surface area contributed by atoms with Crippen molar-refractivity contribution in [3.05, 3.63) is 0 Å². The number of ether oxygens (including phenoxy) is 5. The van der Waals surface area contributed by atoms with E-state index in [0.717, 1.165) is 18.4 Å². The fourth-order valence-electron chi connectivity index (χ4n) is 3.31. The van der Waals surface area contributed by atoms with E-state index in [4.69, 9.17) is 35.3 Å². The molecule has 206 valence electrons. The van der Waals surface area contributed by atoms with Crippen molar-refractivity contribution in [2.75, 3.05) is 45.5 Å². The smallest absolute Gasteiger partial charge is 0.850 e. The Kier molecular flexibility index (Phi) is 22.5. The van der Waals surface area contributed by atoms with Crippen LogP contribution in [-0.4, -0.2) is 115 Å². The minimum atomic E-state index is -1.00. The summed E-state index contributed by atoms with van der Waals surface area (Å²) in [6.45, 7) is 11.3. The molecule has 3 N–H and O–H groups in total. The molecule has 35 heavy (non-hydrogen) atoms. The molecule has 0 aromatic carbocycles. The van der Waals surface area contributed by atoms with E-state index in [1.807, 2.05) is 0 Å². The molecule has 0 aromatic heterocycles. The van der Waals surface area contributed by atoms with E-state index in [2.05, 4.69) is 29.8 Å². The molecule has 0 aliphatic carbocycles. The van der Waals surface area contributed by atoms with Crippen LogP contribution in [0.5, 0.6) is 0 Å². The first kappa shape index (κ1) is 36.7. The molecular weight excluding hydrogens is 558 g/mol. The molecule has 4 heterocycles. The zero-order valence-electron chi connectivity index (χ0n) is 23.0. The number of rotatable bonds is 4. The third-order valence-corrected chi connectivity index (χ3v) is 5.50. The molecule has 4 rings (SSSR count). The number of alkyl halides is 2. The molecule has 4 aliphatic heterocycles. The molecule has 4 saturated heterocycles. The maximum absolute atomic E-state index is 10.1. The maximum Gasteiger partial charge on any atom is 1.00 e. The molecule has 9 nitrogen and oxygen atoms in total. The van der Waals surface area contributed by atoms with Crippen molar-refractivity contribution >= 4 is 15.9 Å². The Balaban J connectivity index is 0. The quantitative estimate of drug-likeness (QED) is 0.246. The van der Waals surface area contributed by atoms with Crippen LogP contribution in [0, 0.1) is 0 Å². The van der Waals surface area contributed by atoms with E-state index in [0.29, 0.717) is 13.2 Å². The summed E-state index contributed by atoms with van der Waals surface area (Å²) < 4.78 is 42.0. The molecule has 12 heteroatoms. The second kappa shape index (κ2) is 21.5. The molecular formula is C23H45BrFKO9. The first-order valence-corrected chi connectivity index (χ1v) is 12.8. The van der Waals surface area contributed by atoms with Crippen molar-refractivity contribution in [3.8, 4) is 0 Å². The zero-order chi connectivity index (χ0) is 27.0. The van der Waals surface area contributed by atoms with Crippen molar-refractivity contribution < 1.29 is 101 Å². The van der Waals surface area contributed by atoms with Gasteiger partial charge in [-0.05, 0) is 12.8 Å². The molecule has 0 radical (unpaired) electrons. The van der Waals surface area contributed by atoms with Crippen LogP contribution in [0.1, 0.15) is 48.8 Å². The van der Waals surface area contributed by atoms with Crippen molar-refractivity contribution in [1.29, 1.82) is 0 Å². The first-order valence-electron chi connectivity index (χ1n) is 12.4. The van der Waals surface area contributed by atoms with Gasteiger partial charge in [0.25, 0.3) is 0 Å². The van der Waals surface area contributed by atoms with Gasteiger partial charge in [-0.3, -0.25) is 4.39 Å². The zero-order valence-corrected chi connectivity index (χ0v) is 26.7. The van der Waals surface area contributed by atoms with Crippen molar-refractivity contribution in [1.82, 2.24) is 0 Å². The minimum absolute atomic E-state index is 0. The van der Waals surface area contributed by atoms with Gasteiger partial charge in [0, 0.05) is 11.9 Å². The molecule has 8 atom stereocenters. The first-order chi connectivity index (χ1) is 16.4. The van der Waals surface area contributed by atoms with E-state index >= 15 is 0 Å². The molecule has 0 saturated carbocycles. The Morgan fingerprint density at radius 1 is 0.886 bits per heavy atom. The predicted molar refractivity (Wildman–Crippen MR) is 128 cm³/mol. The normalized spacial score (nSPS) is 34.7. The Bertz CT molecular complexity index is 500. The molecule has 0 amide bonds. The van der Waals surface area contributed by atoms with Crippen molar-refractivity contribution in [3.63, 3.8) is 0 Å². The van der Waals surface area contributed by atoms with Gasteiger partial charge in [0.05, 0.1) is 35.0 Å². The van der Waals surface area contributed by atoms with Gasteiger partial charge in [0.15, 0.2) is 0 Å². The fraction of sp³-hybridized carbons (Fsp3) is 1.00.